The Morgan fingerprint density at radius 1 is 1.43 bits per heavy atom. The summed E-state index contributed by atoms with van der Waals surface area (Å²) >= 11 is 6.07. The van der Waals surface area contributed by atoms with E-state index >= 15 is 0 Å². The van der Waals surface area contributed by atoms with E-state index in [0.717, 1.165) is 0 Å². The fourth-order valence-electron chi connectivity index (χ4n) is 2.30. The smallest absolute Gasteiger partial charge is 0.313 e. The summed E-state index contributed by atoms with van der Waals surface area (Å²) in [6.07, 6.45) is -1.68. The van der Waals surface area contributed by atoms with Crippen LogP contribution in [0, 0.1) is 17.2 Å². The van der Waals surface area contributed by atoms with Crippen molar-refractivity contribution in [3.05, 3.63) is 29.8 Å². The van der Waals surface area contributed by atoms with Crippen LogP contribution in [0.25, 0.3) is 0 Å². The summed E-state index contributed by atoms with van der Waals surface area (Å²) in [7, 11) is 0. The highest BCUT2D eigenvalue weighted by atomic mass is 35.5. The van der Waals surface area contributed by atoms with Gasteiger partial charge in [-0.05, 0) is 19.1 Å². The topological polar surface area (TPSA) is 93.5 Å². The Morgan fingerprint density at radius 3 is 2.78 bits per heavy atom. The third-order valence-corrected chi connectivity index (χ3v) is 3.88. The number of para-hydroxylation sites is 1. The van der Waals surface area contributed by atoms with Crippen LogP contribution in [0.15, 0.2) is 24.3 Å². The summed E-state index contributed by atoms with van der Waals surface area (Å²) in [5.41, 5.74) is 0.275. The quantitative estimate of drug-likeness (QED) is 0.463. The Kier molecular flexibility index (Phi) is 5.35. The number of carbonyl (C=O) groups excluding carboxylic acids is 3. The van der Waals surface area contributed by atoms with E-state index in [0.29, 0.717) is 0 Å². The van der Waals surface area contributed by atoms with E-state index in [2.05, 4.69) is 4.74 Å². The molecule has 0 amide bonds. The first-order chi connectivity index (χ1) is 11.0. The summed E-state index contributed by atoms with van der Waals surface area (Å²) in [5.74, 6) is -2.75. The lowest BCUT2D eigenvalue weighted by molar-refractivity contribution is -0.145. The number of nitriles is 1. The molecule has 0 aliphatic carbocycles. The molecule has 6 nitrogen and oxygen atoms in total. The molecule has 0 aromatic heterocycles. The summed E-state index contributed by atoms with van der Waals surface area (Å²) < 4.78 is 10.3. The van der Waals surface area contributed by atoms with Gasteiger partial charge in [-0.2, -0.15) is 5.26 Å². The number of benzene rings is 1. The number of nitrogens with zero attached hydrogens (tertiary/aromatic N) is 1. The van der Waals surface area contributed by atoms with Crippen LogP contribution < -0.4 is 4.74 Å². The number of carbonyl (C=O) groups is 3. The third-order valence-electron chi connectivity index (χ3n) is 3.39. The summed E-state index contributed by atoms with van der Waals surface area (Å²) in [5, 5.41) is 7.94. The zero-order valence-electron chi connectivity index (χ0n) is 12.3. The molecule has 0 spiro atoms. The number of halogens is 1. The number of ketones is 2. The van der Waals surface area contributed by atoms with Gasteiger partial charge < -0.3 is 9.47 Å². The number of ether oxygens (including phenoxy) is 2. The van der Waals surface area contributed by atoms with Crippen LogP contribution in [0.1, 0.15) is 23.7 Å². The minimum atomic E-state index is -1.30. The van der Waals surface area contributed by atoms with Gasteiger partial charge in [0, 0.05) is 0 Å². The van der Waals surface area contributed by atoms with E-state index in [9.17, 15) is 19.6 Å². The number of hydrogen-bond donors (Lipinski definition) is 0. The Bertz CT molecular complexity index is 681. The standard InChI is InChI=1S/C16H14ClNO5/c1-2-22-13(20)7-11(19)14(17)16-10(8-18)15(21)9-5-3-4-6-12(9)23-16/h3-6,10,14,16H,2,7H2,1H3. The lowest BCUT2D eigenvalue weighted by Gasteiger charge is -2.31. The summed E-state index contributed by atoms with van der Waals surface area (Å²) in [6.45, 7) is 1.76. The average Bonchev–Trinajstić information content (AvgIpc) is 2.54. The third kappa shape index (κ3) is 3.51. The highest BCUT2D eigenvalue weighted by Gasteiger charge is 2.44. The zero-order valence-corrected chi connectivity index (χ0v) is 13.1. The Balaban J connectivity index is 2.21. The normalized spacial score (nSPS) is 20.7. The molecular formula is C16H14ClNO5. The maximum Gasteiger partial charge on any atom is 0.313 e. The second kappa shape index (κ2) is 7.25. The molecule has 23 heavy (non-hydrogen) atoms. The van der Waals surface area contributed by atoms with Crippen LogP contribution in [0.4, 0.5) is 0 Å². The van der Waals surface area contributed by atoms with E-state index in [-0.39, 0.29) is 17.9 Å². The van der Waals surface area contributed by atoms with Crippen molar-refractivity contribution in [3.8, 4) is 11.8 Å². The van der Waals surface area contributed by atoms with Gasteiger partial charge in [0.15, 0.2) is 11.6 Å². The fourth-order valence-corrected chi connectivity index (χ4v) is 2.57. The molecule has 3 atom stereocenters. The number of rotatable bonds is 5. The van der Waals surface area contributed by atoms with Crippen molar-refractivity contribution in [3.63, 3.8) is 0 Å². The molecule has 1 aliphatic rings. The van der Waals surface area contributed by atoms with Crippen LogP contribution >= 0.6 is 11.6 Å². The average molecular weight is 336 g/mol. The van der Waals surface area contributed by atoms with Crippen molar-refractivity contribution in [2.24, 2.45) is 5.92 Å². The molecule has 7 heteroatoms. The van der Waals surface area contributed by atoms with E-state index < -0.39 is 41.4 Å². The van der Waals surface area contributed by atoms with E-state index in [1.54, 1.807) is 31.2 Å². The van der Waals surface area contributed by atoms with Crippen LogP contribution in [0.2, 0.25) is 0 Å². The molecule has 0 radical (unpaired) electrons. The lowest BCUT2D eigenvalue weighted by Crippen LogP contribution is -2.46. The van der Waals surface area contributed by atoms with Crippen molar-refractivity contribution in [2.45, 2.75) is 24.8 Å². The van der Waals surface area contributed by atoms with Gasteiger partial charge in [-0.15, -0.1) is 11.6 Å². The zero-order chi connectivity index (χ0) is 17.0. The Morgan fingerprint density at radius 2 is 2.13 bits per heavy atom. The number of Topliss-reactive ketones (excluding diaryl/α,β-unsaturated/α-hetero) is 2. The predicted molar refractivity (Wildman–Crippen MR) is 80.2 cm³/mol. The van der Waals surface area contributed by atoms with Crippen LogP contribution in [0.5, 0.6) is 5.75 Å². The highest BCUT2D eigenvalue weighted by Crippen LogP contribution is 2.33. The van der Waals surface area contributed by atoms with E-state index in [4.69, 9.17) is 16.3 Å². The van der Waals surface area contributed by atoms with Crippen LogP contribution in [0.3, 0.4) is 0 Å². The fraction of sp³-hybridized carbons (Fsp3) is 0.375. The van der Waals surface area contributed by atoms with Gasteiger partial charge in [0.1, 0.15) is 29.6 Å². The maximum absolute atomic E-state index is 12.3. The molecule has 0 saturated heterocycles. The molecule has 3 unspecified atom stereocenters. The van der Waals surface area contributed by atoms with Gasteiger partial charge in [-0.25, -0.2) is 0 Å². The number of esters is 1. The molecule has 1 aliphatic heterocycles. The van der Waals surface area contributed by atoms with Gasteiger partial charge >= 0.3 is 5.97 Å². The molecule has 0 saturated carbocycles. The molecule has 120 valence electrons. The van der Waals surface area contributed by atoms with Gasteiger partial charge in [0.25, 0.3) is 0 Å². The maximum atomic E-state index is 12.3. The molecule has 1 aromatic carbocycles. The molecule has 0 N–H and O–H groups in total. The van der Waals surface area contributed by atoms with Crippen molar-refractivity contribution < 1.29 is 23.9 Å². The second-order valence-corrected chi connectivity index (χ2v) is 5.37. The van der Waals surface area contributed by atoms with Gasteiger partial charge in [0.2, 0.25) is 0 Å². The molecule has 0 fully saturated rings. The van der Waals surface area contributed by atoms with E-state index in [1.807, 2.05) is 6.07 Å². The van der Waals surface area contributed by atoms with Crippen LogP contribution in [-0.4, -0.2) is 35.6 Å². The van der Waals surface area contributed by atoms with Gasteiger partial charge in [0.05, 0.1) is 18.2 Å². The highest BCUT2D eigenvalue weighted by molar-refractivity contribution is 6.33. The number of fused-ring (bicyclic) bond motifs is 1. The van der Waals surface area contributed by atoms with Gasteiger partial charge in [-0.1, -0.05) is 12.1 Å². The molecule has 2 rings (SSSR count). The van der Waals surface area contributed by atoms with Crippen molar-refractivity contribution in [2.75, 3.05) is 6.61 Å². The first kappa shape index (κ1) is 17.0. The Hall–Kier alpha value is -2.39. The molecule has 1 aromatic rings. The van der Waals surface area contributed by atoms with Crippen molar-refractivity contribution in [1.29, 1.82) is 5.26 Å². The van der Waals surface area contributed by atoms with E-state index in [1.165, 1.54) is 0 Å². The molecule has 0 bridgehead atoms. The second-order valence-electron chi connectivity index (χ2n) is 4.90. The minimum Gasteiger partial charge on any atom is -0.486 e. The first-order valence-electron chi connectivity index (χ1n) is 7.01. The van der Waals surface area contributed by atoms with Gasteiger partial charge in [-0.3, -0.25) is 14.4 Å². The number of hydrogen-bond acceptors (Lipinski definition) is 6. The predicted octanol–water partition coefficient (Wildman–Crippen LogP) is 1.90. The molecule has 1 heterocycles. The molecular weight excluding hydrogens is 322 g/mol. The van der Waals surface area contributed by atoms with Crippen molar-refractivity contribution in [1.82, 2.24) is 0 Å². The minimum absolute atomic E-state index is 0.145. The largest absolute Gasteiger partial charge is 0.486 e. The monoisotopic (exact) mass is 335 g/mol. The van der Waals surface area contributed by atoms with Crippen molar-refractivity contribution >= 4 is 29.1 Å². The SMILES string of the molecule is CCOC(=O)CC(=O)C(Cl)C1Oc2ccccc2C(=O)C1C#N. The number of alkyl halides is 1. The lowest BCUT2D eigenvalue weighted by atomic mass is 9.87. The summed E-state index contributed by atoms with van der Waals surface area (Å²) in [4.78, 5) is 35.8. The summed E-state index contributed by atoms with van der Waals surface area (Å²) in [6, 6.07) is 8.26. The first-order valence-corrected chi connectivity index (χ1v) is 7.45. The Labute approximate surface area is 137 Å². The van der Waals surface area contributed by atoms with Crippen LogP contribution in [-0.2, 0) is 14.3 Å².